The van der Waals surface area contributed by atoms with Crippen LogP contribution in [0, 0.1) is 0 Å². The Bertz CT molecular complexity index is 486. The lowest BCUT2D eigenvalue weighted by Gasteiger charge is -2.22. The summed E-state index contributed by atoms with van der Waals surface area (Å²) >= 11 is 1.66. The molecule has 0 aliphatic carbocycles. The molecular formula is C14H22N4O3S. The maximum Gasteiger partial charge on any atom is 0.273 e. The molecule has 1 aromatic rings. The number of hydrogen-bond acceptors (Lipinski definition) is 7. The van der Waals surface area contributed by atoms with Crippen molar-refractivity contribution in [2.45, 2.75) is 31.9 Å². The quantitative estimate of drug-likeness (QED) is 0.259. The highest BCUT2D eigenvalue weighted by atomic mass is 32.2. The molecule has 1 heterocycles. The first kappa shape index (κ1) is 18.6. The number of carbonyl (C=O) groups excluding carboxylic acids is 2. The third kappa shape index (κ3) is 5.72. The van der Waals surface area contributed by atoms with E-state index >= 15 is 0 Å². The highest BCUT2D eigenvalue weighted by Crippen LogP contribution is 2.07. The van der Waals surface area contributed by atoms with Crippen LogP contribution >= 0.6 is 11.8 Å². The molecule has 0 saturated carbocycles. The van der Waals surface area contributed by atoms with Crippen LogP contribution in [-0.4, -0.2) is 50.6 Å². The van der Waals surface area contributed by atoms with E-state index in [2.05, 4.69) is 4.98 Å². The van der Waals surface area contributed by atoms with Gasteiger partial charge in [0.1, 0.15) is 6.10 Å². The number of rotatable bonds is 8. The van der Waals surface area contributed by atoms with Crippen LogP contribution in [0.4, 0.5) is 0 Å². The van der Waals surface area contributed by atoms with E-state index in [0.717, 1.165) is 11.5 Å². The van der Waals surface area contributed by atoms with E-state index in [-0.39, 0.29) is 6.42 Å². The molecule has 0 fully saturated rings. The van der Waals surface area contributed by atoms with Gasteiger partial charge in [-0.3, -0.25) is 14.6 Å². The standard InChI is InChI=1S/C14H22N4O3S/c1-2-22-8-6-11(15)13(20)14(21)18(16)12(19)9-10-5-3-4-7-17-10/h3-5,7,11,13,20H,2,6,8-9,15-16H2,1H3/t11-,13?/m1/s1. The lowest BCUT2D eigenvalue weighted by atomic mass is 10.1. The summed E-state index contributed by atoms with van der Waals surface area (Å²) < 4.78 is 0. The molecule has 5 N–H and O–H groups in total. The number of nitrogens with two attached hydrogens (primary N) is 2. The molecule has 22 heavy (non-hydrogen) atoms. The minimum Gasteiger partial charge on any atom is -0.382 e. The zero-order valence-electron chi connectivity index (χ0n) is 12.5. The van der Waals surface area contributed by atoms with Gasteiger partial charge in [-0.2, -0.15) is 11.8 Å². The largest absolute Gasteiger partial charge is 0.382 e. The van der Waals surface area contributed by atoms with E-state index in [0.29, 0.717) is 17.1 Å². The Morgan fingerprint density at radius 1 is 1.45 bits per heavy atom. The summed E-state index contributed by atoms with van der Waals surface area (Å²) in [5.74, 6) is 5.62. The average molecular weight is 326 g/mol. The van der Waals surface area contributed by atoms with Gasteiger partial charge in [-0.25, -0.2) is 10.9 Å². The Hall–Kier alpha value is -1.48. The second-order valence-corrected chi connectivity index (χ2v) is 6.09. The molecule has 8 heteroatoms. The van der Waals surface area contributed by atoms with Crippen LogP contribution in [0.15, 0.2) is 24.4 Å². The zero-order valence-corrected chi connectivity index (χ0v) is 13.3. The van der Waals surface area contributed by atoms with Gasteiger partial charge in [-0.15, -0.1) is 0 Å². The average Bonchev–Trinajstić information content (AvgIpc) is 2.53. The van der Waals surface area contributed by atoms with Crippen LogP contribution in [0.5, 0.6) is 0 Å². The van der Waals surface area contributed by atoms with Crippen molar-refractivity contribution >= 4 is 23.6 Å². The monoisotopic (exact) mass is 326 g/mol. The van der Waals surface area contributed by atoms with Gasteiger partial charge in [-0.05, 0) is 30.1 Å². The summed E-state index contributed by atoms with van der Waals surface area (Å²) in [7, 11) is 0. The Balaban J connectivity index is 2.53. The lowest BCUT2D eigenvalue weighted by Crippen LogP contribution is -2.53. The molecular weight excluding hydrogens is 304 g/mol. The van der Waals surface area contributed by atoms with Gasteiger partial charge in [0.2, 0.25) is 5.91 Å². The fourth-order valence-electron chi connectivity index (χ4n) is 1.71. The minimum absolute atomic E-state index is 0.114. The Kier molecular flexibility index (Phi) is 8.03. The summed E-state index contributed by atoms with van der Waals surface area (Å²) in [6.45, 7) is 2.01. The molecule has 0 saturated heterocycles. The molecule has 2 atom stereocenters. The first-order chi connectivity index (χ1) is 10.5. The van der Waals surface area contributed by atoms with E-state index in [1.165, 1.54) is 0 Å². The fraction of sp³-hybridized carbons (Fsp3) is 0.500. The third-order valence-electron chi connectivity index (χ3n) is 3.02. The van der Waals surface area contributed by atoms with Crippen molar-refractivity contribution in [2.24, 2.45) is 11.6 Å². The normalized spacial score (nSPS) is 13.5. The number of hydrazine groups is 1. The maximum atomic E-state index is 12.0. The molecule has 1 rings (SSSR count). The van der Waals surface area contributed by atoms with Gasteiger partial charge in [0.25, 0.3) is 5.91 Å². The fourth-order valence-corrected chi connectivity index (χ4v) is 2.44. The number of aliphatic hydroxyl groups is 1. The Labute approximate surface area is 134 Å². The summed E-state index contributed by atoms with van der Waals surface area (Å²) in [5, 5.41) is 10.3. The SMILES string of the molecule is CCSCC[C@@H](N)C(O)C(=O)N(N)C(=O)Cc1ccccn1. The molecule has 0 bridgehead atoms. The van der Waals surface area contributed by atoms with E-state index in [4.69, 9.17) is 11.6 Å². The van der Waals surface area contributed by atoms with Gasteiger partial charge < -0.3 is 10.8 Å². The lowest BCUT2D eigenvalue weighted by molar-refractivity contribution is -0.151. The number of aliphatic hydroxyl groups excluding tert-OH is 1. The third-order valence-corrected chi connectivity index (χ3v) is 3.96. The van der Waals surface area contributed by atoms with E-state index in [1.807, 2.05) is 6.92 Å². The van der Waals surface area contributed by atoms with Crippen molar-refractivity contribution in [1.29, 1.82) is 0 Å². The van der Waals surface area contributed by atoms with Gasteiger partial charge in [-0.1, -0.05) is 13.0 Å². The van der Waals surface area contributed by atoms with Crippen molar-refractivity contribution in [3.05, 3.63) is 30.1 Å². The molecule has 1 aromatic heterocycles. The van der Waals surface area contributed by atoms with Crippen LogP contribution in [0.25, 0.3) is 0 Å². The van der Waals surface area contributed by atoms with Gasteiger partial charge in [0, 0.05) is 17.9 Å². The van der Waals surface area contributed by atoms with Crippen LogP contribution in [0.1, 0.15) is 19.0 Å². The second-order valence-electron chi connectivity index (χ2n) is 4.69. The Morgan fingerprint density at radius 2 is 2.18 bits per heavy atom. The van der Waals surface area contributed by atoms with Crippen LogP contribution in [-0.2, 0) is 16.0 Å². The van der Waals surface area contributed by atoms with Gasteiger partial charge in [0.05, 0.1) is 6.42 Å². The number of hydrogen-bond donors (Lipinski definition) is 3. The molecule has 122 valence electrons. The smallest absolute Gasteiger partial charge is 0.273 e. The van der Waals surface area contributed by atoms with Crippen molar-refractivity contribution in [3.8, 4) is 0 Å². The van der Waals surface area contributed by atoms with E-state index < -0.39 is 24.0 Å². The number of imide groups is 1. The van der Waals surface area contributed by atoms with E-state index in [1.54, 1.807) is 36.2 Å². The minimum atomic E-state index is -1.49. The molecule has 0 aliphatic heterocycles. The molecule has 0 aliphatic rings. The van der Waals surface area contributed by atoms with Crippen molar-refractivity contribution in [1.82, 2.24) is 9.99 Å². The highest BCUT2D eigenvalue weighted by Gasteiger charge is 2.29. The van der Waals surface area contributed by atoms with Crippen LogP contribution in [0.2, 0.25) is 0 Å². The van der Waals surface area contributed by atoms with Gasteiger partial charge in [0.15, 0.2) is 0 Å². The number of nitrogens with zero attached hydrogens (tertiary/aromatic N) is 2. The summed E-state index contributed by atoms with van der Waals surface area (Å²) in [4.78, 5) is 27.9. The van der Waals surface area contributed by atoms with Crippen molar-refractivity contribution in [3.63, 3.8) is 0 Å². The van der Waals surface area contributed by atoms with Crippen molar-refractivity contribution < 1.29 is 14.7 Å². The number of thioether (sulfide) groups is 1. The first-order valence-corrected chi connectivity index (χ1v) is 8.15. The van der Waals surface area contributed by atoms with Crippen LogP contribution in [0.3, 0.4) is 0 Å². The summed E-state index contributed by atoms with van der Waals surface area (Å²) in [6.07, 6.45) is 0.404. The number of pyridine rings is 1. The topological polar surface area (TPSA) is 123 Å². The molecule has 0 radical (unpaired) electrons. The number of aromatic nitrogens is 1. The molecule has 0 aromatic carbocycles. The maximum absolute atomic E-state index is 12.0. The highest BCUT2D eigenvalue weighted by molar-refractivity contribution is 7.99. The van der Waals surface area contributed by atoms with Gasteiger partial charge >= 0.3 is 0 Å². The second kappa shape index (κ2) is 9.52. The first-order valence-electron chi connectivity index (χ1n) is 7.00. The predicted octanol–water partition coefficient (Wildman–Crippen LogP) is -0.316. The predicted molar refractivity (Wildman–Crippen MR) is 85.6 cm³/mol. The molecule has 2 amide bonds. The van der Waals surface area contributed by atoms with Crippen LogP contribution < -0.4 is 11.6 Å². The zero-order chi connectivity index (χ0) is 16.5. The number of carbonyl (C=O) groups is 2. The summed E-state index contributed by atoms with van der Waals surface area (Å²) in [6, 6.07) is 4.35. The molecule has 1 unspecified atom stereocenters. The molecule has 0 spiro atoms. The number of amides is 2. The molecule has 7 nitrogen and oxygen atoms in total. The summed E-state index contributed by atoms with van der Waals surface area (Å²) in [5.41, 5.74) is 6.25. The Morgan fingerprint density at radius 3 is 2.77 bits per heavy atom. The van der Waals surface area contributed by atoms with E-state index in [9.17, 15) is 14.7 Å². The van der Waals surface area contributed by atoms with Crippen molar-refractivity contribution in [2.75, 3.05) is 11.5 Å².